The van der Waals surface area contributed by atoms with Crippen LogP contribution in [0, 0.1) is 0 Å². The lowest BCUT2D eigenvalue weighted by Gasteiger charge is -2.14. The van der Waals surface area contributed by atoms with Crippen LogP contribution in [-0.4, -0.2) is 23.2 Å². The molecule has 0 aromatic carbocycles. The van der Waals surface area contributed by atoms with Gasteiger partial charge in [-0.3, -0.25) is 9.78 Å². The van der Waals surface area contributed by atoms with E-state index in [1.807, 2.05) is 4.90 Å². The number of nitrogen functional groups attached to an aromatic ring is 1. The number of aromatic nitrogens is 2. The number of rotatable bonds is 2. The molecule has 0 bridgehead atoms. The fraction of sp³-hybridized carbons (Fsp3) is 0.500. The van der Waals surface area contributed by atoms with Gasteiger partial charge in [0.15, 0.2) is 5.82 Å². The molecule has 2 rings (SSSR count). The Bertz CT molecular complexity index is 399. The van der Waals surface area contributed by atoms with Gasteiger partial charge < -0.3 is 16.0 Å². The summed E-state index contributed by atoms with van der Waals surface area (Å²) in [6, 6.07) is 0. The molecule has 0 aliphatic carbocycles. The lowest BCUT2D eigenvalue weighted by atomic mass is 10.4. The lowest BCUT2D eigenvalue weighted by molar-refractivity contribution is 0.809. The minimum absolute atomic E-state index is 0.165. The van der Waals surface area contributed by atoms with Crippen molar-refractivity contribution in [1.29, 1.82) is 0 Å². The Morgan fingerprint density at radius 1 is 1.64 bits per heavy atom. The molecule has 1 aliphatic rings. The van der Waals surface area contributed by atoms with Gasteiger partial charge in [-0.2, -0.15) is 4.98 Å². The van der Waals surface area contributed by atoms with E-state index in [1.165, 1.54) is 0 Å². The average molecular weight is 195 g/mol. The van der Waals surface area contributed by atoms with Crippen molar-refractivity contribution in [3.8, 4) is 0 Å². The van der Waals surface area contributed by atoms with Crippen LogP contribution in [0.4, 0.5) is 17.5 Å². The number of nitrogens with one attached hydrogen (secondary N) is 2. The molecule has 1 aromatic heterocycles. The first-order valence-corrected chi connectivity index (χ1v) is 4.61. The van der Waals surface area contributed by atoms with Crippen molar-refractivity contribution in [3.05, 3.63) is 10.4 Å². The molecule has 0 spiro atoms. The monoisotopic (exact) mass is 195 g/mol. The third kappa shape index (κ3) is 1.28. The second-order valence-electron chi connectivity index (χ2n) is 3.25. The minimum atomic E-state index is -0.203. The van der Waals surface area contributed by atoms with Crippen LogP contribution in [0.25, 0.3) is 0 Å². The predicted octanol–water partition coefficient (Wildman–Crippen LogP) is -0.0485. The zero-order valence-electron chi connectivity index (χ0n) is 8.00. The first-order chi connectivity index (χ1) is 6.72. The Morgan fingerprint density at radius 2 is 2.43 bits per heavy atom. The third-order valence-corrected chi connectivity index (χ3v) is 2.16. The Morgan fingerprint density at radius 3 is 3.14 bits per heavy atom. The minimum Gasteiger partial charge on any atom is -0.369 e. The van der Waals surface area contributed by atoms with Gasteiger partial charge in [0.25, 0.3) is 5.56 Å². The number of H-pyrrole nitrogens is 1. The standard InChI is InChI=1S/C8H13N5O/c1-2-3-13-4-10-5-6(13)11-8(9)12-7(5)14/h10H,2-4H2,1H3,(H3,9,11,12,14). The fourth-order valence-electron chi connectivity index (χ4n) is 1.57. The predicted molar refractivity (Wildman–Crippen MR) is 55.4 cm³/mol. The summed E-state index contributed by atoms with van der Waals surface area (Å²) in [5, 5.41) is 2.99. The second-order valence-corrected chi connectivity index (χ2v) is 3.25. The van der Waals surface area contributed by atoms with Gasteiger partial charge in [-0.25, -0.2) is 0 Å². The number of fused-ring (bicyclic) bond motifs is 1. The molecule has 76 valence electrons. The average Bonchev–Trinajstić information content (AvgIpc) is 2.49. The van der Waals surface area contributed by atoms with Crippen LogP contribution < -0.4 is 21.5 Å². The van der Waals surface area contributed by atoms with E-state index < -0.39 is 0 Å². The number of anilines is 3. The van der Waals surface area contributed by atoms with Crippen molar-refractivity contribution in [1.82, 2.24) is 9.97 Å². The van der Waals surface area contributed by atoms with Crippen molar-refractivity contribution in [2.45, 2.75) is 13.3 Å². The highest BCUT2D eigenvalue weighted by Crippen LogP contribution is 2.25. The Balaban J connectivity index is 2.44. The molecule has 0 radical (unpaired) electrons. The van der Waals surface area contributed by atoms with Crippen molar-refractivity contribution in [2.75, 3.05) is 29.2 Å². The first-order valence-electron chi connectivity index (χ1n) is 4.61. The van der Waals surface area contributed by atoms with Gasteiger partial charge >= 0.3 is 0 Å². The van der Waals surface area contributed by atoms with Crippen molar-refractivity contribution in [2.24, 2.45) is 0 Å². The maximum Gasteiger partial charge on any atom is 0.277 e. The molecule has 1 aliphatic heterocycles. The molecule has 2 heterocycles. The van der Waals surface area contributed by atoms with Crippen LogP contribution in [0.2, 0.25) is 0 Å². The molecule has 0 unspecified atom stereocenters. The quantitative estimate of drug-likeness (QED) is 0.616. The van der Waals surface area contributed by atoms with E-state index >= 15 is 0 Å². The summed E-state index contributed by atoms with van der Waals surface area (Å²) in [5.74, 6) is 0.826. The molecule has 0 fully saturated rings. The zero-order valence-corrected chi connectivity index (χ0v) is 8.00. The molecule has 14 heavy (non-hydrogen) atoms. The molecular weight excluding hydrogens is 182 g/mol. The molecule has 0 amide bonds. The SMILES string of the molecule is CCCN1CNc2c1nc(N)[nH]c2=O. The highest BCUT2D eigenvalue weighted by atomic mass is 16.1. The van der Waals surface area contributed by atoms with E-state index in [1.54, 1.807) is 0 Å². The van der Waals surface area contributed by atoms with E-state index in [9.17, 15) is 4.79 Å². The summed E-state index contributed by atoms with van der Waals surface area (Å²) in [6.07, 6.45) is 1.01. The molecule has 4 N–H and O–H groups in total. The van der Waals surface area contributed by atoms with Gasteiger partial charge in [-0.1, -0.05) is 6.92 Å². The fourth-order valence-corrected chi connectivity index (χ4v) is 1.57. The molecule has 1 aromatic rings. The molecule has 0 saturated heterocycles. The van der Waals surface area contributed by atoms with Crippen LogP contribution >= 0.6 is 0 Å². The van der Waals surface area contributed by atoms with E-state index in [4.69, 9.17) is 5.73 Å². The number of hydrogen-bond acceptors (Lipinski definition) is 5. The Labute approximate surface area is 81.1 Å². The summed E-state index contributed by atoms with van der Waals surface area (Å²) in [5.41, 5.74) is 5.79. The lowest BCUT2D eigenvalue weighted by Crippen LogP contribution is -2.24. The van der Waals surface area contributed by atoms with Crippen LogP contribution in [-0.2, 0) is 0 Å². The Kier molecular flexibility index (Phi) is 2.03. The number of nitrogens with zero attached hydrogens (tertiary/aromatic N) is 2. The van der Waals surface area contributed by atoms with Crippen LogP contribution in [0.3, 0.4) is 0 Å². The number of hydrogen-bond donors (Lipinski definition) is 3. The van der Waals surface area contributed by atoms with Crippen molar-refractivity contribution >= 4 is 17.5 Å². The first kappa shape index (κ1) is 8.86. The summed E-state index contributed by atoms with van der Waals surface area (Å²) >= 11 is 0. The highest BCUT2D eigenvalue weighted by Gasteiger charge is 2.22. The number of aromatic amines is 1. The van der Waals surface area contributed by atoms with Crippen LogP contribution in [0.15, 0.2) is 4.79 Å². The van der Waals surface area contributed by atoms with Crippen molar-refractivity contribution < 1.29 is 0 Å². The van der Waals surface area contributed by atoms with E-state index in [0.29, 0.717) is 18.2 Å². The largest absolute Gasteiger partial charge is 0.369 e. The summed E-state index contributed by atoms with van der Waals surface area (Å²) < 4.78 is 0. The van der Waals surface area contributed by atoms with Gasteiger partial charge in [0.2, 0.25) is 5.95 Å². The normalized spacial score (nSPS) is 13.9. The van der Waals surface area contributed by atoms with E-state index in [0.717, 1.165) is 13.0 Å². The topological polar surface area (TPSA) is 87.0 Å². The maximum absolute atomic E-state index is 11.4. The molecule has 6 nitrogen and oxygen atoms in total. The van der Waals surface area contributed by atoms with Gasteiger partial charge in [-0.05, 0) is 6.42 Å². The number of nitrogens with two attached hydrogens (primary N) is 1. The smallest absolute Gasteiger partial charge is 0.277 e. The molecule has 0 atom stereocenters. The molecule has 0 saturated carbocycles. The van der Waals surface area contributed by atoms with E-state index in [-0.39, 0.29) is 11.5 Å². The highest BCUT2D eigenvalue weighted by molar-refractivity contribution is 5.70. The second kappa shape index (κ2) is 3.21. The summed E-state index contributed by atoms with van der Waals surface area (Å²) in [6.45, 7) is 3.58. The maximum atomic E-state index is 11.4. The van der Waals surface area contributed by atoms with Crippen LogP contribution in [0.5, 0.6) is 0 Å². The van der Waals surface area contributed by atoms with Gasteiger partial charge in [0.1, 0.15) is 5.69 Å². The van der Waals surface area contributed by atoms with Crippen LogP contribution in [0.1, 0.15) is 13.3 Å². The summed E-state index contributed by atoms with van der Waals surface area (Å²) in [7, 11) is 0. The van der Waals surface area contributed by atoms with E-state index in [2.05, 4.69) is 22.2 Å². The van der Waals surface area contributed by atoms with Gasteiger partial charge in [-0.15, -0.1) is 0 Å². The van der Waals surface area contributed by atoms with Gasteiger partial charge in [0.05, 0.1) is 6.67 Å². The van der Waals surface area contributed by atoms with Crippen molar-refractivity contribution in [3.63, 3.8) is 0 Å². The molecular formula is C8H13N5O. The van der Waals surface area contributed by atoms with Gasteiger partial charge in [0, 0.05) is 6.54 Å². The third-order valence-electron chi connectivity index (χ3n) is 2.16. The molecule has 6 heteroatoms. The Hall–Kier alpha value is -1.72. The zero-order chi connectivity index (χ0) is 10.1. The summed E-state index contributed by atoms with van der Waals surface area (Å²) in [4.78, 5) is 20.0.